The molecule has 1 aromatic heterocycles. The minimum absolute atomic E-state index is 0.00780. The summed E-state index contributed by atoms with van der Waals surface area (Å²) in [5, 5.41) is 15.8. The monoisotopic (exact) mass is 466 g/mol. The summed E-state index contributed by atoms with van der Waals surface area (Å²) >= 11 is 0. The van der Waals surface area contributed by atoms with Crippen molar-refractivity contribution in [1.29, 1.82) is 0 Å². The van der Waals surface area contributed by atoms with E-state index in [4.69, 9.17) is 5.14 Å². The van der Waals surface area contributed by atoms with Gasteiger partial charge < -0.3 is 4.90 Å². The van der Waals surface area contributed by atoms with Crippen LogP contribution >= 0.6 is 0 Å². The smallest absolute Gasteiger partial charge is 0.255 e. The van der Waals surface area contributed by atoms with E-state index >= 15 is 0 Å². The van der Waals surface area contributed by atoms with E-state index in [1.807, 2.05) is 0 Å². The van der Waals surface area contributed by atoms with Crippen LogP contribution in [0.3, 0.4) is 0 Å². The molecule has 0 bridgehead atoms. The lowest BCUT2D eigenvalue weighted by molar-refractivity contribution is -0.136. The lowest BCUT2D eigenvalue weighted by Crippen LogP contribution is -2.52. The molecule has 0 aliphatic carbocycles. The van der Waals surface area contributed by atoms with Gasteiger partial charge in [-0.05, 0) is 30.7 Å². The van der Waals surface area contributed by atoms with Gasteiger partial charge in [0.25, 0.3) is 5.91 Å². The van der Waals surface area contributed by atoms with E-state index in [0.29, 0.717) is 28.1 Å². The zero-order valence-corrected chi connectivity index (χ0v) is 17.9. The molecule has 33 heavy (non-hydrogen) atoms. The van der Waals surface area contributed by atoms with Crippen LogP contribution in [0.15, 0.2) is 53.6 Å². The summed E-state index contributed by atoms with van der Waals surface area (Å²) in [4.78, 5) is 38.2. The summed E-state index contributed by atoms with van der Waals surface area (Å²) in [5.74, 6) is -1.09. The number of primary sulfonamides is 1. The predicted octanol–water partition coefficient (Wildman–Crippen LogP) is 0.343. The number of sulfonamides is 1. The molecule has 3 aromatic rings. The summed E-state index contributed by atoms with van der Waals surface area (Å²) in [5.41, 5.74) is 2.94. The average Bonchev–Trinajstić information content (AvgIpc) is 3.39. The maximum atomic E-state index is 13.0. The van der Waals surface area contributed by atoms with Crippen LogP contribution in [0.5, 0.6) is 0 Å². The molecule has 3 amide bonds. The van der Waals surface area contributed by atoms with E-state index < -0.39 is 22.0 Å². The van der Waals surface area contributed by atoms with Crippen LogP contribution in [0.25, 0.3) is 16.9 Å². The van der Waals surface area contributed by atoms with E-state index in [2.05, 4.69) is 15.6 Å². The van der Waals surface area contributed by atoms with Gasteiger partial charge in [0.15, 0.2) is 0 Å². The van der Waals surface area contributed by atoms with E-state index in [1.165, 1.54) is 21.7 Å². The highest BCUT2D eigenvalue weighted by Gasteiger charge is 2.40. The third kappa shape index (κ3) is 3.68. The Morgan fingerprint density at radius 2 is 1.82 bits per heavy atom. The van der Waals surface area contributed by atoms with Crippen molar-refractivity contribution >= 4 is 27.7 Å². The topological polar surface area (TPSA) is 157 Å². The van der Waals surface area contributed by atoms with Gasteiger partial charge in [0.1, 0.15) is 11.7 Å². The second-order valence-corrected chi connectivity index (χ2v) is 9.38. The van der Waals surface area contributed by atoms with Crippen LogP contribution in [0.2, 0.25) is 0 Å². The molecule has 0 spiro atoms. The van der Waals surface area contributed by atoms with Gasteiger partial charge in [-0.2, -0.15) is 0 Å². The molecule has 12 heteroatoms. The highest BCUT2D eigenvalue weighted by molar-refractivity contribution is 7.89. The maximum absolute atomic E-state index is 13.0. The van der Waals surface area contributed by atoms with Crippen molar-refractivity contribution in [2.45, 2.75) is 30.3 Å². The average molecular weight is 466 g/mol. The largest absolute Gasteiger partial charge is 0.322 e. The highest BCUT2D eigenvalue weighted by atomic mass is 32.2. The molecule has 2 aromatic carbocycles. The minimum Gasteiger partial charge on any atom is -0.322 e. The Bertz CT molecular complexity index is 1410. The van der Waals surface area contributed by atoms with Crippen LogP contribution in [0.1, 0.15) is 28.8 Å². The molecule has 3 N–H and O–H groups in total. The van der Waals surface area contributed by atoms with E-state index in [-0.39, 0.29) is 36.1 Å². The van der Waals surface area contributed by atoms with Crippen molar-refractivity contribution < 1.29 is 22.8 Å². The number of benzene rings is 2. The first kappa shape index (κ1) is 21.0. The number of hydrogen-bond donors (Lipinski definition) is 2. The molecule has 3 heterocycles. The molecule has 1 saturated heterocycles. The fourth-order valence-electron chi connectivity index (χ4n) is 4.11. The van der Waals surface area contributed by atoms with Gasteiger partial charge in [0.2, 0.25) is 21.8 Å². The van der Waals surface area contributed by atoms with Crippen molar-refractivity contribution in [3.63, 3.8) is 0 Å². The second kappa shape index (κ2) is 7.60. The van der Waals surface area contributed by atoms with Crippen LogP contribution < -0.4 is 10.5 Å². The Balaban J connectivity index is 1.45. The molecule has 2 aliphatic heterocycles. The quantitative estimate of drug-likeness (QED) is 0.525. The first-order chi connectivity index (χ1) is 15.7. The number of piperidine rings is 1. The summed E-state index contributed by atoms with van der Waals surface area (Å²) in [6, 6.07) is 10.4. The molecule has 2 aliphatic rings. The summed E-state index contributed by atoms with van der Waals surface area (Å²) in [6.45, 7) is 0.203. The van der Waals surface area contributed by atoms with E-state index in [0.717, 1.165) is 0 Å². The van der Waals surface area contributed by atoms with Gasteiger partial charge in [-0.1, -0.05) is 23.4 Å². The number of imide groups is 1. The Labute approximate surface area is 188 Å². The van der Waals surface area contributed by atoms with Gasteiger partial charge in [0.05, 0.1) is 16.8 Å². The van der Waals surface area contributed by atoms with Gasteiger partial charge in [-0.25, -0.2) is 18.2 Å². The van der Waals surface area contributed by atoms with Crippen molar-refractivity contribution in [3.05, 3.63) is 59.8 Å². The first-order valence-corrected chi connectivity index (χ1v) is 11.6. The lowest BCUT2D eigenvalue weighted by atomic mass is 10.0. The van der Waals surface area contributed by atoms with E-state index in [9.17, 15) is 22.8 Å². The van der Waals surface area contributed by atoms with Crippen molar-refractivity contribution in [3.8, 4) is 16.9 Å². The fraction of sp³-hybridized carbons (Fsp3) is 0.190. The number of amides is 3. The standard InChI is InChI=1S/C21H18N6O5S/c22-33(31,32)13-6-4-12(5-7-13)16-11-27(25-24-16)17-3-1-2-14-15(17)10-26(21(14)30)18-8-9-19(28)23-20(18)29/h1-7,11,18H,8-10H2,(H2,22,31,32)(H,23,28,29). The van der Waals surface area contributed by atoms with Crippen LogP contribution in [-0.4, -0.2) is 52.1 Å². The van der Waals surface area contributed by atoms with Crippen molar-refractivity contribution in [1.82, 2.24) is 25.2 Å². The summed E-state index contributed by atoms with van der Waals surface area (Å²) in [6.07, 6.45) is 2.13. The molecule has 1 unspecified atom stereocenters. The first-order valence-electron chi connectivity index (χ1n) is 10.0. The molecule has 11 nitrogen and oxygen atoms in total. The maximum Gasteiger partial charge on any atom is 0.255 e. The number of rotatable bonds is 4. The molecule has 5 rings (SSSR count). The highest BCUT2D eigenvalue weighted by Crippen LogP contribution is 2.31. The molecular formula is C21H18N6O5S. The summed E-state index contributed by atoms with van der Waals surface area (Å²) < 4.78 is 24.4. The number of carbonyl (C=O) groups excluding carboxylic acids is 3. The Morgan fingerprint density at radius 3 is 2.52 bits per heavy atom. The molecular weight excluding hydrogens is 448 g/mol. The number of fused-ring (bicyclic) bond motifs is 1. The second-order valence-electron chi connectivity index (χ2n) is 7.82. The van der Waals surface area contributed by atoms with Crippen LogP contribution in [0.4, 0.5) is 0 Å². The normalized spacial score (nSPS) is 18.4. The SMILES string of the molecule is NS(=O)(=O)c1ccc(-c2cn(-c3cccc4c3CN(C3CCC(=O)NC3=O)C4=O)nn2)cc1. The zero-order valence-electron chi connectivity index (χ0n) is 17.1. The Hall–Kier alpha value is -3.90. The number of carbonyl (C=O) groups is 3. The molecule has 0 saturated carbocycles. The van der Waals surface area contributed by atoms with E-state index in [1.54, 1.807) is 36.5 Å². The van der Waals surface area contributed by atoms with Gasteiger partial charge >= 0.3 is 0 Å². The molecule has 0 radical (unpaired) electrons. The Kier molecular flexibility index (Phi) is 4.83. The van der Waals surface area contributed by atoms with Gasteiger partial charge in [-0.3, -0.25) is 19.7 Å². The Morgan fingerprint density at radius 1 is 1.06 bits per heavy atom. The molecule has 168 valence electrons. The molecule has 1 atom stereocenters. The number of nitrogens with two attached hydrogens (primary N) is 1. The third-order valence-electron chi connectivity index (χ3n) is 5.78. The lowest BCUT2D eigenvalue weighted by Gasteiger charge is -2.29. The third-order valence-corrected chi connectivity index (χ3v) is 6.71. The summed E-state index contributed by atoms with van der Waals surface area (Å²) in [7, 11) is -3.80. The molecule has 1 fully saturated rings. The van der Waals surface area contributed by atoms with Crippen molar-refractivity contribution in [2.24, 2.45) is 5.14 Å². The van der Waals surface area contributed by atoms with Crippen molar-refractivity contribution in [2.75, 3.05) is 0 Å². The van der Waals surface area contributed by atoms with Gasteiger partial charge in [-0.15, -0.1) is 5.10 Å². The predicted molar refractivity (Wildman–Crippen MR) is 114 cm³/mol. The zero-order chi connectivity index (χ0) is 23.3. The fourth-order valence-corrected chi connectivity index (χ4v) is 4.63. The number of nitrogens with one attached hydrogen (secondary N) is 1. The minimum atomic E-state index is -3.80. The number of aromatic nitrogens is 3. The van der Waals surface area contributed by atoms with Crippen LogP contribution in [-0.2, 0) is 26.2 Å². The number of hydrogen-bond acceptors (Lipinski definition) is 7. The van der Waals surface area contributed by atoms with Gasteiger partial charge in [0, 0.05) is 29.7 Å². The number of nitrogens with zero attached hydrogens (tertiary/aromatic N) is 4. The van der Waals surface area contributed by atoms with Crippen LogP contribution in [0, 0.1) is 0 Å².